The summed E-state index contributed by atoms with van der Waals surface area (Å²) in [7, 11) is -2.64. The number of carbonyl (C=O) groups is 1. The van der Waals surface area contributed by atoms with Crippen molar-refractivity contribution in [3.63, 3.8) is 0 Å². The largest absolute Gasteiger partial charge is 0.467 e. The summed E-state index contributed by atoms with van der Waals surface area (Å²) in [5.41, 5.74) is -0.651. The van der Waals surface area contributed by atoms with E-state index in [2.05, 4.69) is 9.84 Å². The second-order valence-electron chi connectivity index (χ2n) is 5.51. The zero-order chi connectivity index (χ0) is 18.2. The first-order valence-corrected chi connectivity index (χ1v) is 9.07. The van der Waals surface area contributed by atoms with Crippen LogP contribution in [0.3, 0.4) is 0 Å². The minimum absolute atomic E-state index is 0.0326. The van der Waals surface area contributed by atoms with Crippen molar-refractivity contribution in [3.05, 3.63) is 28.8 Å². The topological polar surface area (TPSA) is 112 Å². The van der Waals surface area contributed by atoms with Gasteiger partial charge in [0.25, 0.3) is 0 Å². The SMILES string of the molecule is COC(=O)[C@@H](C)n1nc2c(S(=O)(=O)N3CCOCC3)cccn2c1=O. The molecule has 3 heterocycles. The molecule has 0 unspecified atom stereocenters. The van der Waals surface area contributed by atoms with Gasteiger partial charge in [0.15, 0.2) is 11.7 Å². The van der Waals surface area contributed by atoms with Crippen molar-refractivity contribution in [1.82, 2.24) is 18.5 Å². The standard InChI is InChI=1S/C14H18N4O6S/c1-10(13(19)23-2)18-14(20)17-5-3-4-11(12(17)15-18)25(21,22)16-6-8-24-9-7-16/h3-5,10H,6-9H2,1-2H3/t10-/m1/s1. The zero-order valence-electron chi connectivity index (χ0n) is 13.8. The lowest BCUT2D eigenvalue weighted by Crippen LogP contribution is -2.40. The van der Waals surface area contributed by atoms with E-state index in [1.165, 1.54) is 36.7 Å². The second-order valence-corrected chi connectivity index (χ2v) is 7.42. The van der Waals surface area contributed by atoms with Crippen molar-refractivity contribution in [3.8, 4) is 0 Å². The highest BCUT2D eigenvalue weighted by Gasteiger charge is 2.30. The molecule has 1 aliphatic heterocycles. The fourth-order valence-electron chi connectivity index (χ4n) is 2.64. The van der Waals surface area contributed by atoms with Crippen LogP contribution in [0.15, 0.2) is 28.0 Å². The normalized spacial score (nSPS) is 17.5. The third kappa shape index (κ3) is 2.94. The number of hydrogen-bond donors (Lipinski definition) is 0. The molecule has 25 heavy (non-hydrogen) atoms. The summed E-state index contributed by atoms with van der Waals surface area (Å²) in [6.45, 7) is 2.53. The van der Waals surface area contributed by atoms with E-state index in [0.717, 1.165) is 9.08 Å². The molecule has 3 rings (SSSR count). The summed E-state index contributed by atoms with van der Waals surface area (Å²) in [5.74, 6) is -0.650. The molecular weight excluding hydrogens is 352 g/mol. The molecule has 0 radical (unpaired) electrons. The molecule has 1 atom stereocenters. The minimum atomic E-state index is -3.84. The first-order valence-electron chi connectivity index (χ1n) is 7.63. The molecule has 136 valence electrons. The Kier molecular flexibility index (Phi) is 4.62. The van der Waals surface area contributed by atoms with Crippen LogP contribution in [0.2, 0.25) is 0 Å². The first kappa shape index (κ1) is 17.6. The van der Waals surface area contributed by atoms with Gasteiger partial charge >= 0.3 is 11.7 Å². The number of pyridine rings is 1. The van der Waals surface area contributed by atoms with E-state index < -0.39 is 27.7 Å². The second kappa shape index (κ2) is 6.58. The smallest absolute Gasteiger partial charge is 0.351 e. The van der Waals surface area contributed by atoms with Gasteiger partial charge in [0.1, 0.15) is 4.90 Å². The fourth-order valence-corrected chi connectivity index (χ4v) is 4.17. The van der Waals surface area contributed by atoms with Crippen LogP contribution in [0.5, 0.6) is 0 Å². The summed E-state index contributed by atoms with van der Waals surface area (Å²) in [5, 5.41) is 4.07. The van der Waals surface area contributed by atoms with Gasteiger partial charge in [-0.15, -0.1) is 5.10 Å². The average molecular weight is 370 g/mol. The Labute approximate surface area is 143 Å². The number of rotatable bonds is 4. The Morgan fingerprint density at radius 2 is 2.04 bits per heavy atom. The molecule has 10 nitrogen and oxygen atoms in total. The molecule has 0 saturated carbocycles. The van der Waals surface area contributed by atoms with Crippen LogP contribution in [0.1, 0.15) is 13.0 Å². The van der Waals surface area contributed by atoms with Crippen molar-refractivity contribution >= 4 is 21.6 Å². The van der Waals surface area contributed by atoms with Crippen molar-refractivity contribution < 1.29 is 22.7 Å². The van der Waals surface area contributed by atoms with Gasteiger partial charge in [-0.25, -0.2) is 22.4 Å². The van der Waals surface area contributed by atoms with Crippen molar-refractivity contribution in [2.24, 2.45) is 0 Å². The summed E-state index contributed by atoms with van der Waals surface area (Å²) in [6, 6.07) is 1.87. The van der Waals surface area contributed by atoms with Gasteiger partial charge < -0.3 is 9.47 Å². The van der Waals surface area contributed by atoms with Crippen LogP contribution >= 0.6 is 0 Å². The fraction of sp³-hybridized carbons (Fsp3) is 0.500. The van der Waals surface area contributed by atoms with Crippen LogP contribution in [0.25, 0.3) is 5.65 Å². The number of carbonyl (C=O) groups excluding carboxylic acids is 1. The number of fused-ring (bicyclic) bond motifs is 1. The molecule has 2 aromatic heterocycles. The van der Waals surface area contributed by atoms with Gasteiger partial charge in [0.05, 0.1) is 20.3 Å². The van der Waals surface area contributed by atoms with Gasteiger partial charge in [-0.1, -0.05) is 0 Å². The van der Waals surface area contributed by atoms with Crippen LogP contribution in [0, 0.1) is 0 Å². The van der Waals surface area contributed by atoms with Gasteiger partial charge in [-0.05, 0) is 19.1 Å². The lowest BCUT2D eigenvalue weighted by atomic mass is 10.3. The molecule has 0 bridgehead atoms. The van der Waals surface area contributed by atoms with E-state index in [9.17, 15) is 18.0 Å². The Bertz CT molecular complexity index is 957. The Hall–Kier alpha value is -2.24. The number of aromatic nitrogens is 3. The monoisotopic (exact) mass is 370 g/mol. The predicted octanol–water partition coefficient (Wildman–Crippen LogP) is -0.749. The van der Waals surface area contributed by atoms with Gasteiger partial charge in [-0.3, -0.25) is 0 Å². The lowest BCUT2D eigenvalue weighted by molar-refractivity contribution is -0.144. The number of nitrogens with zero attached hydrogens (tertiary/aromatic N) is 4. The highest BCUT2D eigenvalue weighted by Crippen LogP contribution is 2.20. The average Bonchev–Trinajstić information content (AvgIpc) is 2.98. The maximum Gasteiger partial charge on any atom is 0.351 e. The molecule has 0 N–H and O–H groups in total. The Balaban J connectivity index is 2.14. The third-order valence-corrected chi connectivity index (χ3v) is 5.95. The Morgan fingerprint density at radius 3 is 2.68 bits per heavy atom. The van der Waals surface area contributed by atoms with Crippen molar-refractivity contribution in [2.75, 3.05) is 33.4 Å². The molecule has 11 heteroatoms. The highest BCUT2D eigenvalue weighted by molar-refractivity contribution is 7.89. The van der Waals surface area contributed by atoms with Crippen LogP contribution in [-0.4, -0.2) is 66.3 Å². The van der Waals surface area contributed by atoms with E-state index in [1.807, 2.05) is 0 Å². The van der Waals surface area contributed by atoms with E-state index in [0.29, 0.717) is 13.2 Å². The molecule has 0 spiro atoms. The molecule has 1 fully saturated rings. The first-order chi connectivity index (χ1) is 11.9. The molecule has 2 aromatic rings. The maximum absolute atomic E-state index is 12.9. The number of morpholine rings is 1. The van der Waals surface area contributed by atoms with Crippen LogP contribution in [0.4, 0.5) is 0 Å². The van der Waals surface area contributed by atoms with Crippen LogP contribution in [-0.2, 0) is 24.3 Å². The molecular formula is C14H18N4O6S. The van der Waals surface area contributed by atoms with Crippen molar-refractivity contribution in [1.29, 1.82) is 0 Å². The van der Waals surface area contributed by atoms with E-state index in [4.69, 9.17) is 4.74 Å². The minimum Gasteiger partial charge on any atom is -0.467 e. The number of methoxy groups -OCH3 is 1. The van der Waals surface area contributed by atoms with Gasteiger partial charge in [0.2, 0.25) is 10.0 Å². The Morgan fingerprint density at radius 1 is 1.36 bits per heavy atom. The number of esters is 1. The van der Waals surface area contributed by atoms with E-state index in [1.54, 1.807) is 0 Å². The lowest BCUT2D eigenvalue weighted by Gasteiger charge is -2.25. The van der Waals surface area contributed by atoms with Crippen LogP contribution < -0.4 is 5.69 Å². The summed E-state index contributed by atoms with van der Waals surface area (Å²) < 4.78 is 38.9. The number of ether oxygens (including phenoxy) is 2. The van der Waals surface area contributed by atoms with E-state index >= 15 is 0 Å². The molecule has 1 aliphatic rings. The highest BCUT2D eigenvalue weighted by atomic mass is 32.2. The number of hydrogen-bond acceptors (Lipinski definition) is 7. The van der Waals surface area contributed by atoms with Gasteiger partial charge in [0, 0.05) is 19.3 Å². The quantitative estimate of drug-likeness (QED) is 0.651. The molecule has 0 amide bonds. The zero-order valence-corrected chi connectivity index (χ0v) is 14.6. The third-order valence-electron chi connectivity index (χ3n) is 4.03. The summed E-state index contributed by atoms with van der Waals surface area (Å²) in [6.07, 6.45) is 1.41. The summed E-state index contributed by atoms with van der Waals surface area (Å²) in [4.78, 5) is 24.1. The van der Waals surface area contributed by atoms with E-state index in [-0.39, 0.29) is 23.6 Å². The number of sulfonamides is 1. The molecule has 1 saturated heterocycles. The predicted molar refractivity (Wildman–Crippen MR) is 85.8 cm³/mol. The van der Waals surface area contributed by atoms with Crippen molar-refractivity contribution in [2.45, 2.75) is 17.9 Å². The van der Waals surface area contributed by atoms with Gasteiger partial charge in [-0.2, -0.15) is 8.99 Å². The maximum atomic E-state index is 12.9. The molecule has 0 aliphatic carbocycles. The summed E-state index contributed by atoms with van der Waals surface area (Å²) >= 11 is 0. The molecule has 0 aromatic carbocycles.